The number of nitrogens with zero attached hydrogens (tertiary/aromatic N) is 3. The normalized spacial score (nSPS) is 16.3. The summed E-state index contributed by atoms with van der Waals surface area (Å²) in [5, 5.41) is 7.71. The molecular formula is C13H22N4O. The highest BCUT2D eigenvalue weighted by Gasteiger charge is 2.23. The minimum atomic E-state index is 0.0766. The van der Waals surface area contributed by atoms with Crippen LogP contribution in [0.4, 0.5) is 0 Å². The molecule has 5 heteroatoms. The van der Waals surface area contributed by atoms with Crippen LogP contribution in [0.25, 0.3) is 0 Å². The first kappa shape index (κ1) is 13.1. The lowest BCUT2D eigenvalue weighted by Gasteiger charge is -2.27. The monoisotopic (exact) mass is 250 g/mol. The van der Waals surface area contributed by atoms with Gasteiger partial charge < -0.3 is 10.2 Å². The van der Waals surface area contributed by atoms with Crippen molar-refractivity contribution in [2.24, 2.45) is 0 Å². The van der Waals surface area contributed by atoms with Crippen LogP contribution >= 0.6 is 0 Å². The van der Waals surface area contributed by atoms with Crippen molar-refractivity contribution in [3.8, 4) is 0 Å². The molecule has 5 nitrogen and oxygen atoms in total. The molecule has 0 aliphatic carbocycles. The van der Waals surface area contributed by atoms with Gasteiger partial charge in [-0.1, -0.05) is 6.92 Å². The molecule has 1 aromatic rings. The Bertz CT molecular complexity index is 419. The van der Waals surface area contributed by atoms with Gasteiger partial charge in [-0.05, 0) is 20.3 Å². The van der Waals surface area contributed by atoms with Crippen LogP contribution in [0.1, 0.15) is 42.9 Å². The molecule has 0 unspecified atom stereocenters. The van der Waals surface area contributed by atoms with Crippen LogP contribution in [0.2, 0.25) is 0 Å². The molecule has 0 saturated carbocycles. The first-order valence-electron chi connectivity index (χ1n) is 6.71. The van der Waals surface area contributed by atoms with Crippen molar-refractivity contribution in [3.05, 3.63) is 17.5 Å². The topological polar surface area (TPSA) is 50.2 Å². The van der Waals surface area contributed by atoms with Gasteiger partial charge in [0.05, 0.1) is 0 Å². The van der Waals surface area contributed by atoms with Gasteiger partial charge in [0.1, 0.15) is 0 Å². The van der Waals surface area contributed by atoms with Gasteiger partial charge in [-0.15, -0.1) is 0 Å². The second kappa shape index (κ2) is 5.52. The molecule has 0 atom stereocenters. The molecule has 1 aromatic heterocycles. The fourth-order valence-corrected chi connectivity index (χ4v) is 2.15. The fraction of sp³-hybridized carbons (Fsp3) is 0.692. The van der Waals surface area contributed by atoms with Crippen LogP contribution in [0.3, 0.4) is 0 Å². The van der Waals surface area contributed by atoms with E-state index in [0.29, 0.717) is 11.7 Å². The third-order valence-corrected chi connectivity index (χ3v) is 3.32. The third-order valence-electron chi connectivity index (χ3n) is 3.32. The van der Waals surface area contributed by atoms with E-state index in [1.54, 1.807) is 0 Å². The number of carbonyl (C=O) groups excluding carboxylic acids is 1. The predicted octanol–water partition coefficient (Wildman–Crippen LogP) is 1.07. The van der Waals surface area contributed by atoms with Gasteiger partial charge in [-0.3, -0.25) is 9.48 Å². The van der Waals surface area contributed by atoms with Gasteiger partial charge in [-0.2, -0.15) is 5.10 Å². The highest BCUT2D eigenvalue weighted by Crippen LogP contribution is 2.14. The van der Waals surface area contributed by atoms with Gasteiger partial charge >= 0.3 is 0 Å². The summed E-state index contributed by atoms with van der Waals surface area (Å²) in [5.74, 6) is 0.0766. The van der Waals surface area contributed by atoms with E-state index in [1.807, 2.05) is 15.8 Å². The number of aryl methyl sites for hydroxylation is 1. The van der Waals surface area contributed by atoms with E-state index in [9.17, 15) is 4.79 Å². The van der Waals surface area contributed by atoms with E-state index in [0.717, 1.165) is 38.2 Å². The highest BCUT2D eigenvalue weighted by atomic mass is 16.2. The minimum absolute atomic E-state index is 0.0766. The van der Waals surface area contributed by atoms with Gasteiger partial charge in [0.2, 0.25) is 0 Å². The lowest BCUT2D eigenvalue weighted by Crippen LogP contribution is -2.46. The maximum Gasteiger partial charge on any atom is 0.274 e. The maximum atomic E-state index is 12.4. The van der Waals surface area contributed by atoms with Crippen molar-refractivity contribution in [1.29, 1.82) is 0 Å². The summed E-state index contributed by atoms with van der Waals surface area (Å²) in [6, 6.07) is 0.292. The van der Waals surface area contributed by atoms with Crippen molar-refractivity contribution < 1.29 is 4.79 Å². The molecule has 1 aliphatic rings. The summed E-state index contributed by atoms with van der Waals surface area (Å²) < 4.78 is 1.88. The summed E-state index contributed by atoms with van der Waals surface area (Å²) in [4.78, 5) is 14.3. The Labute approximate surface area is 108 Å². The average molecular weight is 250 g/mol. The first-order chi connectivity index (χ1) is 8.63. The number of piperazine rings is 1. The number of aromatic nitrogens is 2. The van der Waals surface area contributed by atoms with Gasteiger partial charge in [0, 0.05) is 44.0 Å². The number of hydrogen-bond acceptors (Lipinski definition) is 3. The molecule has 0 radical (unpaired) electrons. The van der Waals surface area contributed by atoms with Gasteiger partial charge in [0.25, 0.3) is 5.91 Å². The third kappa shape index (κ3) is 2.56. The van der Waals surface area contributed by atoms with Crippen molar-refractivity contribution in [1.82, 2.24) is 20.0 Å². The molecule has 0 bridgehead atoms. The lowest BCUT2D eigenvalue weighted by atomic mass is 10.2. The number of carbonyl (C=O) groups is 1. The van der Waals surface area contributed by atoms with Crippen LogP contribution in [0, 0.1) is 0 Å². The Morgan fingerprint density at radius 2 is 2.11 bits per heavy atom. The molecule has 18 heavy (non-hydrogen) atoms. The van der Waals surface area contributed by atoms with Crippen LogP contribution in [0.15, 0.2) is 6.20 Å². The summed E-state index contributed by atoms with van der Waals surface area (Å²) >= 11 is 0. The largest absolute Gasteiger partial charge is 0.335 e. The highest BCUT2D eigenvalue weighted by molar-refractivity contribution is 5.93. The quantitative estimate of drug-likeness (QED) is 0.873. The zero-order chi connectivity index (χ0) is 13.1. The van der Waals surface area contributed by atoms with Crippen LogP contribution in [-0.2, 0) is 6.42 Å². The fourth-order valence-electron chi connectivity index (χ4n) is 2.15. The predicted molar refractivity (Wildman–Crippen MR) is 70.8 cm³/mol. The molecule has 1 N–H and O–H groups in total. The number of nitrogens with one attached hydrogen (secondary N) is 1. The average Bonchev–Trinajstić information content (AvgIpc) is 2.83. The summed E-state index contributed by atoms with van der Waals surface area (Å²) in [5.41, 5.74) is 1.68. The second-order valence-corrected chi connectivity index (χ2v) is 4.97. The molecule has 0 aromatic carbocycles. The van der Waals surface area contributed by atoms with E-state index in [2.05, 4.69) is 31.2 Å². The molecule has 1 fully saturated rings. The van der Waals surface area contributed by atoms with Crippen LogP contribution in [0.5, 0.6) is 0 Å². The SMILES string of the molecule is CCc1cn(C(C)C)nc1C(=O)N1CCNCC1. The van der Waals surface area contributed by atoms with Crippen LogP contribution in [-0.4, -0.2) is 46.8 Å². The Hall–Kier alpha value is -1.36. The van der Waals surface area contributed by atoms with Crippen molar-refractivity contribution >= 4 is 5.91 Å². The Kier molecular flexibility index (Phi) is 4.01. The number of rotatable bonds is 3. The zero-order valence-corrected chi connectivity index (χ0v) is 11.4. The zero-order valence-electron chi connectivity index (χ0n) is 11.4. The lowest BCUT2D eigenvalue weighted by molar-refractivity contribution is 0.0727. The number of hydrogen-bond donors (Lipinski definition) is 1. The first-order valence-corrected chi connectivity index (χ1v) is 6.71. The van der Waals surface area contributed by atoms with E-state index in [-0.39, 0.29) is 5.91 Å². The van der Waals surface area contributed by atoms with Gasteiger partial charge in [-0.25, -0.2) is 0 Å². The molecule has 1 saturated heterocycles. The smallest absolute Gasteiger partial charge is 0.274 e. The number of amides is 1. The Balaban J connectivity index is 2.22. The van der Waals surface area contributed by atoms with Crippen molar-refractivity contribution in [2.75, 3.05) is 26.2 Å². The molecule has 2 rings (SSSR count). The summed E-state index contributed by atoms with van der Waals surface area (Å²) in [6.45, 7) is 9.51. The summed E-state index contributed by atoms with van der Waals surface area (Å²) in [6.07, 6.45) is 2.85. The molecule has 0 spiro atoms. The Morgan fingerprint density at radius 3 is 2.67 bits per heavy atom. The van der Waals surface area contributed by atoms with Crippen LogP contribution < -0.4 is 5.32 Å². The van der Waals surface area contributed by atoms with E-state index in [4.69, 9.17) is 0 Å². The van der Waals surface area contributed by atoms with E-state index >= 15 is 0 Å². The molecule has 1 aliphatic heterocycles. The second-order valence-electron chi connectivity index (χ2n) is 4.97. The van der Waals surface area contributed by atoms with Gasteiger partial charge in [0.15, 0.2) is 5.69 Å². The minimum Gasteiger partial charge on any atom is -0.335 e. The van der Waals surface area contributed by atoms with Crippen molar-refractivity contribution in [3.63, 3.8) is 0 Å². The van der Waals surface area contributed by atoms with E-state index in [1.165, 1.54) is 0 Å². The molecule has 100 valence electrons. The Morgan fingerprint density at radius 1 is 1.44 bits per heavy atom. The van der Waals surface area contributed by atoms with E-state index < -0.39 is 0 Å². The molecular weight excluding hydrogens is 228 g/mol. The molecule has 1 amide bonds. The molecule has 2 heterocycles. The van der Waals surface area contributed by atoms with Crippen molar-refractivity contribution in [2.45, 2.75) is 33.2 Å². The summed E-state index contributed by atoms with van der Waals surface area (Å²) in [7, 11) is 0. The standard InChI is InChI=1S/C13H22N4O/c1-4-11-9-17(10(2)3)15-12(11)13(18)16-7-5-14-6-8-16/h9-10,14H,4-8H2,1-3H3. The maximum absolute atomic E-state index is 12.4.